The maximum atomic E-state index is 11.3. The molecule has 6 heteroatoms. The smallest absolute Gasteiger partial charge is 0.481 e. The summed E-state index contributed by atoms with van der Waals surface area (Å²) in [6.45, 7) is 1.65. The van der Waals surface area contributed by atoms with Crippen LogP contribution in [0, 0.1) is 35.5 Å². The number of aliphatic hydroxyl groups excluding tert-OH is 1. The lowest BCUT2D eigenvalue weighted by atomic mass is 10.0. The molecule has 0 spiro atoms. The molecule has 1 aliphatic heterocycles. The standard InChI is InChI=1S/C18H20O6/c1-2-3-4-5-8-11-14(19)17-15(23-18(22)24-17)12-9-6-7-10-13-16(20)21/h14-15,17,19H,6-7,9-10,12-13H2,1H3,(H,20,21)/t14-,15+,17+/m1/s1. The second-order valence-electron chi connectivity index (χ2n) is 5.17. The number of aliphatic carboxylic acids is 1. The third-order valence-electron chi connectivity index (χ3n) is 3.32. The van der Waals surface area contributed by atoms with Crippen molar-refractivity contribution in [3.05, 3.63) is 0 Å². The Balaban J connectivity index is 2.42. The molecule has 1 heterocycles. The second kappa shape index (κ2) is 11.0. The van der Waals surface area contributed by atoms with Crippen LogP contribution in [0.15, 0.2) is 0 Å². The molecule has 0 aliphatic carbocycles. The molecular formula is C18H20O6. The summed E-state index contributed by atoms with van der Waals surface area (Å²) in [5.74, 6) is 14.2. The zero-order valence-corrected chi connectivity index (χ0v) is 13.5. The van der Waals surface area contributed by atoms with Gasteiger partial charge in [0.15, 0.2) is 12.2 Å². The molecule has 0 bridgehead atoms. The van der Waals surface area contributed by atoms with E-state index in [1.165, 1.54) is 0 Å². The summed E-state index contributed by atoms with van der Waals surface area (Å²) in [5, 5.41) is 18.6. The third kappa shape index (κ3) is 7.58. The van der Waals surface area contributed by atoms with E-state index < -0.39 is 30.4 Å². The molecular weight excluding hydrogens is 312 g/mol. The Morgan fingerprint density at radius 2 is 1.83 bits per heavy atom. The Hall–Kier alpha value is -2.62. The van der Waals surface area contributed by atoms with Gasteiger partial charge in [-0.1, -0.05) is 24.7 Å². The molecule has 0 saturated carbocycles. The van der Waals surface area contributed by atoms with E-state index in [-0.39, 0.29) is 6.42 Å². The van der Waals surface area contributed by atoms with Crippen molar-refractivity contribution in [2.75, 3.05) is 0 Å². The SMILES string of the molecule is CC#CC#CC#C[C@@H](O)[C@@H]1OC(=O)O[C@H]1CCCCCCC(=O)O. The summed E-state index contributed by atoms with van der Waals surface area (Å²) >= 11 is 0. The van der Waals surface area contributed by atoms with Crippen LogP contribution in [0.4, 0.5) is 4.79 Å². The summed E-state index contributed by atoms with van der Waals surface area (Å²) in [6.07, 6.45) is 0.226. The first-order valence-corrected chi connectivity index (χ1v) is 7.74. The maximum Gasteiger partial charge on any atom is 0.509 e. The molecule has 0 radical (unpaired) electrons. The second-order valence-corrected chi connectivity index (χ2v) is 5.17. The van der Waals surface area contributed by atoms with Gasteiger partial charge >= 0.3 is 12.1 Å². The highest BCUT2D eigenvalue weighted by Crippen LogP contribution is 2.23. The van der Waals surface area contributed by atoms with Crippen LogP contribution in [0.1, 0.15) is 45.4 Å². The first-order valence-electron chi connectivity index (χ1n) is 7.74. The lowest BCUT2D eigenvalue weighted by Crippen LogP contribution is -2.34. The molecule has 3 atom stereocenters. The molecule has 1 aliphatic rings. The number of carbonyl (C=O) groups is 2. The summed E-state index contributed by atoms with van der Waals surface area (Å²) in [6, 6.07) is 0. The van der Waals surface area contributed by atoms with Gasteiger partial charge in [-0.2, -0.15) is 0 Å². The third-order valence-corrected chi connectivity index (χ3v) is 3.32. The van der Waals surface area contributed by atoms with Gasteiger partial charge in [-0.15, -0.1) is 0 Å². The Morgan fingerprint density at radius 3 is 2.54 bits per heavy atom. The van der Waals surface area contributed by atoms with Crippen molar-refractivity contribution in [3.8, 4) is 35.5 Å². The highest BCUT2D eigenvalue weighted by molar-refractivity contribution is 5.66. The fourth-order valence-electron chi connectivity index (χ4n) is 2.19. The summed E-state index contributed by atoms with van der Waals surface area (Å²) < 4.78 is 10.00. The van der Waals surface area contributed by atoms with Crippen LogP contribution in [-0.4, -0.2) is 40.6 Å². The van der Waals surface area contributed by atoms with Crippen LogP contribution < -0.4 is 0 Å². The lowest BCUT2D eigenvalue weighted by Gasteiger charge is -2.16. The number of aliphatic hydroxyl groups is 1. The molecule has 2 N–H and O–H groups in total. The van der Waals surface area contributed by atoms with Gasteiger partial charge in [0.05, 0.1) is 0 Å². The van der Waals surface area contributed by atoms with Crippen molar-refractivity contribution in [3.63, 3.8) is 0 Å². The number of hydrogen-bond acceptors (Lipinski definition) is 5. The van der Waals surface area contributed by atoms with E-state index in [0.717, 1.165) is 19.3 Å². The van der Waals surface area contributed by atoms with E-state index in [2.05, 4.69) is 35.5 Å². The van der Waals surface area contributed by atoms with Crippen molar-refractivity contribution < 1.29 is 29.3 Å². The van der Waals surface area contributed by atoms with Gasteiger partial charge in [0.1, 0.15) is 6.10 Å². The van der Waals surface area contributed by atoms with Crippen molar-refractivity contribution >= 4 is 12.1 Å². The fraction of sp³-hybridized carbons (Fsp3) is 0.556. The van der Waals surface area contributed by atoms with Crippen LogP contribution in [0.25, 0.3) is 0 Å². The Kier molecular flexibility index (Phi) is 8.90. The summed E-state index contributed by atoms with van der Waals surface area (Å²) in [7, 11) is 0. The molecule has 0 aromatic rings. The summed E-state index contributed by atoms with van der Waals surface area (Å²) in [4.78, 5) is 21.7. The highest BCUT2D eigenvalue weighted by atomic mass is 16.8. The van der Waals surface area contributed by atoms with Crippen molar-refractivity contribution in [1.82, 2.24) is 0 Å². The molecule has 0 aromatic heterocycles. The average molecular weight is 332 g/mol. The predicted molar refractivity (Wildman–Crippen MR) is 85.5 cm³/mol. The number of unbranched alkanes of at least 4 members (excludes halogenated alkanes) is 3. The van der Waals surface area contributed by atoms with Gasteiger partial charge < -0.3 is 19.7 Å². The van der Waals surface area contributed by atoms with E-state index in [1.54, 1.807) is 6.92 Å². The molecule has 0 unspecified atom stereocenters. The van der Waals surface area contributed by atoms with Gasteiger partial charge in [-0.05, 0) is 49.9 Å². The minimum atomic E-state index is -1.18. The highest BCUT2D eigenvalue weighted by Gasteiger charge is 2.40. The Morgan fingerprint density at radius 1 is 1.12 bits per heavy atom. The molecule has 1 fully saturated rings. The minimum absolute atomic E-state index is 0.155. The number of carboxylic acids is 1. The lowest BCUT2D eigenvalue weighted by molar-refractivity contribution is -0.137. The molecule has 1 rings (SSSR count). The van der Waals surface area contributed by atoms with Gasteiger partial charge in [0, 0.05) is 6.42 Å². The number of carboxylic acid groups (broad SMARTS) is 1. The van der Waals surface area contributed by atoms with Gasteiger partial charge in [0.2, 0.25) is 0 Å². The van der Waals surface area contributed by atoms with E-state index >= 15 is 0 Å². The van der Waals surface area contributed by atoms with Crippen molar-refractivity contribution in [2.45, 2.75) is 63.8 Å². The average Bonchev–Trinajstić information content (AvgIpc) is 2.91. The van der Waals surface area contributed by atoms with Crippen LogP contribution in [-0.2, 0) is 14.3 Å². The van der Waals surface area contributed by atoms with Crippen molar-refractivity contribution in [1.29, 1.82) is 0 Å². The largest absolute Gasteiger partial charge is 0.509 e. The van der Waals surface area contributed by atoms with Crippen LogP contribution in [0.2, 0.25) is 0 Å². The zero-order chi connectivity index (χ0) is 17.8. The topological polar surface area (TPSA) is 93.1 Å². The Bertz CT molecular complexity index is 619. The molecule has 24 heavy (non-hydrogen) atoms. The quantitative estimate of drug-likeness (QED) is 0.399. The molecule has 128 valence electrons. The fourth-order valence-corrected chi connectivity index (χ4v) is 2.19. The first-order chi connectivity index (χ1) is 11.5. The monoisotopic (exact) mass is 332 g/mol. The minimum Gasteiger partial charge on any atom is -0.481 e. The van der Waals surface area contributed by atoms with E-state index in [0.29, 0.717) is 12.8 Å². The van der Waals surface area contributed by atoms with Crippen molar-refractivity contribution in [2.24, 2.45) is 0 Å². The normalized spacial score (nSPS) is 19.3. The Labute approximate surface area is 141 Å². The zero-order valence-electron chi connectivity index (χ0n) is 13.5. The van der Waals surface area contributed by atoms with E-state index in [4.69, 9.17) is 14.6 Å². The van der Waals surface area contributed by atoms with E-state index in [1.807, 2.05) is 0 Å². The van der Waals surface area contributed by atoms with Gasteiger partial charge in [-0.3, -0.25) is 4.79 Å². The van der Waals surface area contributed by atoms with E-state index in [9.17, 15) is 14.7 Å². The number of carbonyl (C=O) groups excluding carboxylic acids is 1. The molecule has 6 nitrogen and oxygen atoms in total. The first kappa shape index (κ1) is 19.4. The number of ether oxygens (including phenoxy) is 2. The van der Waals surface area contributed by atoms with Crippen LogP contribution in [0.3, 0.4) is 0 Å². The number of rotatable bonds is 8. The molecule has 0 aromatic carbocycles. The van der Waals surface area contributed by atoms with Gasteiger partial charge in [0.25, 0.3) is 0 Å². The number of hydrogen-bond donors (Lipinski definition) is 2. The summed E-state index contributed by atoms with van der Waals surface area (Å²) in [5.41, 5.74) is 0. The van der Waals surface area contributed by atoms with Crippen LogP contribution >= 0.6 is 0 Å². The van der Waals surface area contributed by atoms with Crippen LogP contribution in [0.5, 0.6) is 0 Å². The number of cyclic esters (lactones) is 2. The predicted octanol–water partition coefficient (Wildman–Crippen LogP) is 1.71. The maximum absolute atomic E-state index is 11.3. The molecule has 0 amide bonds. The molecule has 1 saturated heterocycles. The van der Waals surface area contributed by atoms with Gasteiger partial charge in [-0.25, -0.2) is 4.79 Å².